The largest absolute Gasteiger partial charge is 0.496 e. The molecule has 30 heavy (non-hydrogen) atoms. The number of rotatable bonds is 7. The van der Waals surface area contributed by atoms with Gasteiger partial charge in [0.1, 0.15) is 11.6 Å². The second kappa shape index (κ2) is 10.7. The number of ether oxygens (including phenoxy) is 2. The molecular formula is C22H26FN3O4. The molecule has 0 bridgehead atoms. The van der Waals surface area contributed by atoms with Gasteiger partial charge < -0.3 is 20.1 Å². The van der Waals surface area contributed by atoms with Gasteiger partial charge in [0.05, 0.1) is 26.4 Å². The number of morpholine rings is 1. The number of nitrogens with one attached hydrogen (secondary N) is 2. The van der Waals surface area contributed by atoms with Gasteiger partial charge in [-0.1, -0.05) is 30.3 Å². The van der Waals surface area contributed by atoms with E-state index in [9.17, 15) is 14.0 Å². The molecule has 8 heteroatoms. The van der Waals surface area contributed by atoms with E-state index in [1.807, 2.05) is 18.2 Å². The fourth-order valence-corrected chi connectivity index (χ4v) is 3.41. The van der Waals surface area contributed by atoms with Crippen molar-refractivity contribution < 1.29 is 23.5 Å². The van der Waals surface area contributed by atoms with E-state index in [1.165, 1.54) is 12.1 Å². The normalized spacial score (nSPS) is 15.3. The van der Waals surface area contributed by atoms with Crippen LogP contribution in [0.25, 0.3) is 0 Å². The maximum Gasteiger partial charge on any atom is 0.309 e. The zero-order chi connectivity index (χ0) is 21.3. The first kappa shape index (κ1) is 21.7. The topological polar surface area (TPSA) is 79.9 Å². The minimum Gasteiger partial charge on any atom is -0.496 e. The average Bonchev–Trinajstić information content (AvgIpc) is 2.79. The van der Waals surface area contributed by atoms with Gasteiger partial charge in [0.25, 0.3) is 0 Å². The molecule has 2 N–H and O–H groups in total. The Morgan fingerprint density at radius 3 is 2.43 bits per heavy atom. The SMILES string of the molecule is COc1ccccc1CNC(=O)C(=O)NC[C@H](c1ccc(F)cc1)N1CCOCC1. The number of halogens is 1. The number of carbonyl (C=O) groups is 2. The summed E-state index contributed by atoms with van der Waals surface area (Å²) in [6, 6.07) is 13.3. The van der Waals surface area contributed by atoms with Crippen LogP contribution in [0, 0.1) is 5.82 Å². The number of hydrogen-bond acceptors (Lipinski definition) is 5. The number of benzene rings is 2. The molecule has 1 aliphatic heterocycles. The van der Waals surface area contributed by atoms with Crippen molar-refractivity contribution in [2.75, 3.05) is 40.0 Å². The van der Waals surface area contributed by atoms with E-state index in [4.69, 9.17) is 9.47 Å². The lowest BCUT2D eigenvalue weighted by Crippen LogP contribution is -2.46. The monoisotopic (exact) mass is 415 g/mol. The van der Waals surface area contributed by atoms with E-state index in [0.717, 1.165) is 11.1 Å². The Kier molecular flexibility index (Phi) is 7.75. The summed E-state index contributed by atoms with van der Waals surface area (Å²) in [5.41, 5.74) is 1.65. The van der Waals surface area contributed by atoms with E-state index in [2.05, 4.69) is 15.5 Å². The van der Waals surface area contributed by atoms with Crippen LogP contribution in [0.3, 0.4) is 0 Å². The number of para-hydroxylation sites is 1. The van der Waals surface area contributed by atoms with Crippen LogP contribution in [0.2, 0.25) is 0 Å². The lowest BCUT2D eigenvalue weighted by Gasteiger charge is -2.34. The van der Waals surface area contributed by atoms with Crippen molar-refractivity contribution in [3.63, 3.8) is 0 Å². The third-order valence-corrected chi connectivity index (χ3v) is 5.04. The van der Waals surface area contributed by atoms with Crippen molar-refractivity contribution in [3.05, 3.63) is 65.5 Å². The minimum atomic E-state index is -0.722. The first-order chi connectivity index (χ1) is 14.6. The Labute approximate surface area is 175 Å². The molecule has 3 rings (SSSR count). The van der Waals surface area contributed by atoms with Crippen molar-refractivity contribution >= 4 is 11.8 Å². The molecule has 0 radical (unpaired) electrons. The second-order valence-corrected chi connectivity index (χ2v) is 6.92. The molecular weight excluding hydrogens is 389 g/mol. The van der Waals surface area contributed by atoms with Gasteiger partial charge in [-0.25, -0.2) is 4.39 Å². The third-order valence-electron chi connectivity index (χ3n) is 5.04. The van der Waals surface area contributed by atoms with E-state index < -0.39 is 11.8 Å². The van der Waals surface area contributed by atoms with Crippen LogP contribution in [0.15, 0.2) is 48.5 Å². The molecule has 0 saturated carbocycles. The van der Waals surface area contributed by atoms with Crippen LogP contribution in [-0.4, -0.2) is 56.7 Å². The van der Waals surface area contributed by atoms with E-state index in [1.54, 1.807) is 25.3 Å². The van der Waals surface area contributed by atoms with Gasteiger partial charge in [-0.3, -0.25) is 14.5 Å². The molecule has 0 aromatic heterocycles. The summed E-state index contributed by atoms with van der Waals surface area (Å²) in [4.78, 5) is 26.7. The highest BCUT2D eigenvalue weighted by atomic mass is 19.1. The smallest absolute Gasteiger partial charge is 0.309 e. The molecule has 160 valence electrons. The molecule has 2 aromatic carbocycles. The van der Waals surface area contributed by atoms with Gasteiger partial charge in [0, 0.05) is 31.7 Å². The van der Waals surface area contributed by atoms with Crippen LogP contribution in [0.5, 0.6) is 5.75 Å². The molecule has 0 spiro atoms. The van der Waals surface area contributed by atoms with Crippen LogP contribution in [0.4, 0.5) is 4.39 Å². The highest BCUT2D eigenvalue weighted by Crippen LogP contribution is 2.22. The molecule has 1 heterocycles. The molecule has 1 aliphatic rings. The van der Waals surface area contributed by atoms with Crippen molar-refractivity contribution in [1.82, 2.24) is 15.5 Å². The Morgan fingerprint density at radius 1 is 1.07 bits per heavy atom. The highest BCUT2D eigenvalue weighted by molar-refractivity contribution is 6.35. The zero-order valence-corrected chi connectivity index (χ0v) is 16.9. The van der Waals surface area contributed by atoms with Crippen LogP contribution >= 0.6 is 0 Å². The summed E-state index contributed by atoms with van der Waals surface area (Å²) in [6.07, 6.45) is 0. The van der Waals surface area contributed by atoms with Gasteiger partial charge in [0.2, 0.25) is 0 Å². The van der Waals surface area contributed by atoms with Crippen molar-refractivity contribution in [3.8, 4) is 5.75 Å². The number of amides is 2. The van der Waals surface area contributed by atoms with E-state index in [-0.39, 0.29) is 24.9 Å². The Morgan fingerprint density at radius 2 is 1.73 bits per heavy atom. The van der Waals surface area contributed by atoms with Gasteiger partial charge in [-0.05, 0) is 23.8 Å². The zero-order valence-electron chi connectivity index (χ0n) is 16.9. The molecule has 1 fully saturated rings. The average molecular weight is 415 g/mol. The molecule has 1 atom stereocenters. The van der Waals surface area contributed by atoms with Crippen molar-refractivity contribution in [1.29, 1.82) is 0 Å². The fraction of sp³-hybridized carbons (Fsp3) is 0.364. The first-order valence-corrected chi connectivity index (χ1v) is 9.83. The third kappa shape index (κ3) is 5.77. The van der Waals surface area contributed by atoms with Crippen molar-refractivity contribution in [2.24, 2.45) is 0 Å². The lowest BCUT2D eigenvalue weighted by molar-refractivity contribution is -0.139. The second-order valence-electron chi connectivity index (χ2n) is 6.92. The first-order valence-electron chi connectivity index (χ1n) is 9.83. The van der Waals surface area contributed by atoms with Crippen molar-refractivity contribution in [2.45, 2.75) is 12.6 Å². The van der Waals surface area contributed by atoms with Gasteiger partial charge in [-0.15, -0.1) is 0 Å². The summed E-state index contributed by atoms with van der Waals surface area (Å²) in [7, 11) is 1.55. The quantitative estimate of drug-likeness (QED) is 0.672. The maximum absolute atomic E-state index is 13.3. The summed E-state index contributed by atoms with van der Waals surface area (Å²) in [5, 5.41) is 5.31. The maximum atomic E-state index is 13.3. The molecule has 0 unspecified atom stereocenters. The van der Waals surface area contributed by atoms with Crippen LogP contribution < -0.4 is 15.4 Å². The van der Waals surface area contributed by atoms with E-state index >= 15 is 0 Å². The van der Waals surface area contributed by atoms with Gasteiger partial charge >= 0.3 is 11.8 Å². The lowest BCUT2D eigenvalue weighted by atomic mass is 10.0. The highest BCUT2D eigenvalue weighted by Gasteiger charge is 2.24. The molecule has 0 aliphatic carbocycles. The Hall–Kier alpha value is -2.97. The summed E-state index contributed by atoms with van der Waals surface area (Å²) in [5.74, 6) is -1.12. The summed E-state index contributed by atoms with van der Waals surface area (Å²) >= 11 is 0. The van der Waals surface area contributed by atoms with Gasteiger partial charge in [0.15, 0.2) is 0 Å². The predicted octanol–water partition coefficient (Wildman–Crippen LogP) is 1.64. The van der Waals surface area contributed by atoms with Gasteiger partial charge in [-0.2, -0.15) is 0 Å². The Balaban J connectivity index is 1.59. The summed E-state index contributed by atoms with van der Waals surface area (Å²) < 4.78 is 24.0. The van der Waals surface area contributed by atoms with Crippen LogP contribution in [0.1, 0.15) is 17.2 Å². The summed E-state index contributed by atoms with van der Waals surface area (Å²) in [6.45, 7) is 2.97. The Bertz CT molecular complexity index is 854. The van der Waals surface area contributed by atoms with Crippen LogP contribution in [-0.2, 0) is 20.9 Å². The molecule has 7 nitrogen and oxygen atoms in total. The number of methoxy groups -OCH3 is 1. The fourth-order valence-electron chi connectivity index (χ4n) is 3.41. The molecule has 2 aromatic rings. The predicted molar refractivity (Wildman–Crippen MR) is 109 cm³/mol. The van der Waals surface area contributed by atoms with E-state index in [0.29, 0.717) is 32.1 Å². The standard InChI is InChI=1S/C22H26FN3O4/c1-29-20-5-3-2-4-17(20)14-24-21(27)22(28)25-15-19(26-10-12-30-13-11-26)16-6-8-18(23)9-7-16/h2-9,19H,10-15H2,1H3,(H,24,27)(H,25,28)/t19-/m1/s1. The number of carbonyl (C=O) groups excluding carboxylic acids is 2. The number of hydrogen-bond donors (Lipinski definition) is 2. The minimum absolute atomic E-state index is 0.180. The molecule has 1 saturated heterocycles. The number of nitrogens with zero attached hydrogens (tertiary/aromatic N) is 1. The molecule has 2 amide bonds.